The number of piperazine rings is 1. The second-order valence-electron chi connectivity index (χ2n) is 8.27. The van der Waals surface area contributed by atoms with Crippen molar-refractivity contribution in [3.63, 3.8) is 0 Å². The summed E-state index contributed by atoms with van der Waals surface area (Å²) in [7, 11) is 0. The molecule has 0 bridgehead atoms. The van der Waals surface area contributed by atoms with Crippen LogP contribution in [-0.4, -0.2) is 66.9 Å². The molecule has 2 aliphatic heterocycles. The molecule has 3 rings (SSSR count). The summed E-state index contributed by atoms with van der Waals surface area (Å²) in [6.07, 6.45) is -1.46. The van der Waals surface area contributed by atoms with Crippen LogP contribution in [0.1, 0.15) is 39.5 Å². The minimum atomic E-state index is -5.08. The van der Waals surface area contributed by atoms with Crippen molar-refractivity contribution in [2.24, 2.45) is 5.41 Å². The summed E-state index contributed by atoms with van der Waals surface area (Å²) in [4.78, 5) is 25.9. The summed E-state index contributed by atoms with van der Waals surface area (Å²) in [6, 6.07) is 5.70. The monoisotopic (exact) mass is 512 g/mol. The third kappa shape index (κ3) is 7.65. The number of rotatable bonds is 6. The van der Waals surface area contributed by atoms with Gasteiger partial charge in [0.1, 0.15) is 6.10 Å². The van der Waals surface area contributed by atoms with Gasteiger partial charge in [-0.15, -0.1) is 0 Å². The summed E-state index contributed by atoms with van der Waals surface area (Å²) in [5.74, 6) is -2.75. The average Bonchev–Trinajstić information content (AvgIpc) is 3.07. The molecule has 1 aromatic carbocycles. The number of ether oxygens (including phenoxy) is 1. The number of carbonyl (C=O) groups excluding carboxylic acids is 1. The van der Waals surface area contributed by atoms with Gasteiger partial charge in [-0.3, -0.25) is 9.69 Å². The number of halogens is 5. The molecule has 1 aromatic rings. The number of nitrogens with zero attached hydrogens (tertiary/aromatic N) is 2. The number of benzene rings is 1. The van der Waals surface area contributed by atoms with Gasteiger partial charge < -0.3 is 14.7 Å². The first-order chi connectivity index (χ1) is 15.4. The van der Waals surface area contributed by atoms with E-state index >= 15 is 0 Å². The lowest BCUT2D eigenvalue weighted by atomic mass is 9.79. The summed E-state index contributed by atoms with van der Waals surface area (Å²) < 4.78 is 37.4. The van der Waals surface area contributed by atoms with Crippen LogP contribution in [0.5, 0.6) is 0 Å². The number of carbonyl (C=O) groups is 2. The van der Waals surface area contributed by atoms with Crippen LogP contribution in [-0.2, 0) is 14.3 Å². The highest BCUT2D eigenvalue weighted by Crippen LogP contribution is 2.41. The van der Waals surface area contributed by atoms with Crippen molar-refractivity contribution in [3.05, 3.63) is 28.2 Å². The standard InChI is InChI=1S/C20H28Cl2N2O2.C2HF3O2/c1-3-20(4-2)14-18(26-19(20)25)5-6-23-7-9-24(10-8-23)17-12-15(21)11-16(22)13-17;3-2(4,5)1(6)7/h11-13,18H,3-10,14H2,1-2H3;(H,6,7). The third-order valence-electron chi connectivity index (χ3n) is 6.27. The highest BCUT2D eigenvalue weighted by molar-refractivity contribution is 6.35. The second kappa shape index (κ2) is 11.6. The van der Waals surface area contributed by atoms with E-state index in [0.717, 1.165) is 64.1 Å². The van der Waals surface area contributed by atoms with Crippen LogP contribution in [0.3, 0.4) is 0 Å². The van der Waals surface area contributed by atoms with E-state index in [1.165, 1.54) is 0 Å². The predicted octanol–water partition coefficient (Wildman–Crippen LogP) is 5.26. The number of carboxylic acid groups (broad SMARTS) is 1. The molecule has 186 valence electrons. The lowest BCUT2D eigenvalue weighted by Crippen LogP contribution is -2.47. The van der Waals surface area contributed by atoms with Crippen molar-refractivity contribution >= 4 is 40.8 Å². The zero-order chi connectivity index (χ0) is 24.8. The molecule has 2 fully saturated rings. The highest BCUT2D eigenvalue weighted by Gasteiger charge is 2.46. The molecule has 1 N–H and O–H groups in total. The molecule has 2 heterocycles. The highest BCUT2D eigenvalue weighted by atomic mass is 35.5. The molecule has 1 unspecified atom stereocenters. The van der Waals surface area contributed by atoms with E-state index in [-0.39, 0.29) is 17.5 Å². The normalized spacial score (nSPS) is 20.8. The molecule has 1 atom stereocenters. The van der Waals surface area contributed by atoms with Crippen molar-refractivity contribution in [2.45, 2.75) is 51.8 Å². The lowest BCUT2D eigenvalue weighted by molar-refractivity contribution is -0.192. The summed E-state index contributed by atoms with van der Waals surface area (Å²) in [5.41, 5.74) is 0.845. The smallest absolute Gasteiger partial charge is 0.475 e. The largest absolute Gasteiger partial charge is 0.490 e. The van der Waals surface area contributed by atoms with Gasteiger partial charge >= 0.3 is 18.1 Å². The molecule has 2 aliphatic rings. The van der Waals surface area contributed by atoms with Gasteiger partial charge in [0.25, 0.3) is 0 Å². The Hall–Kier alpha value is -1.71. The molecule has 33 heavy (non-hydrogen) atoms. The van der Waals surface area contributed by atoms with Crippen molar-refractivity contribution in [1.29, 1.82) is 0 Å². The van der Waals surface area contributed by atoms with Gasteiger partial charge in [0.15, 0.2) is 0 Å². The number of anilines is 1. The maximum Gasteiger partial charge on any atom is 0.490 e. The fourth-order valence-electron chi connectivity index (χ4n) is 4.10. The van der Waals surface area contributed by atoms with E-state index in [9.17, 15) is 18.0 Å². The molecule has 0 amide bonds. The molecule has 6 nitrogen and oxygen atoms in total. The maximum absolute atomic E-state index is 12.2. The fourth-order valence-corrected chi connectivity index (χ4v) is 4.62. The van der Waals surface area contributed by atoms with Crippen LogP contribution in [0.4, 0.5) is 18.9 Å². The van der Waals surface area contributed by atoms with Gasteiger partial charge in [0.05, 0.1) is 5.41 Å². The van der Waals surface area contributed by atoms with E-state index in [4.69, 9.17) is 37.8 Å². The van der Waals surface area contributed by atoms with Crippen LogP contribution in [0.25, 0.3) is 0 Å². The molecule has 2 saturated heterocycles. The SMILES string of the molecule is CCC1(CC)CC(CCN2CCN(c3cc(Cl)cc(Cl)c3)CC2)OC1=O.O=C(O)C(F)(F)F. The van der Waals surface area contributed by atoms with E-state index in [2.05, 4.69) is 23.6 Å². The minimum Gasteiger partial charge on any atom is -0.475 e. The lowest BCUT2D eigenvalue weighted by Gasteiger charge is -2.36. The topological polar surface area (TPSA) is 70.1 Å². The summed E-state index contributed by atoms with van der Waals surface area (Å²) in [5, 5.41) is 8.47. The number of hydrogen-bond acceptors (Lipinski definition) is 5. The zero-order valence-corrected chi connectivity index (χ0v) is 20.1. The maximum atomic E-state index is 12.2. The quantitative estimate of drug-likeness (QED) is 0.524. The van der Waals surface area contributed by atoms with E-state index in [1.807, 2.05) is 12.1 Å². The van der Waals surface area contributed by atoms with Crippen LogP contribution in [0.2, 0.25) is 10.0 Å². The van der Waals surface area contributed by atoms with E-state index in [0.29, 0.717) is 10.0 Å². The molecule has 0 aromatic heterocycles. The molecular weight excluding hydrogens is 484 g/mol. The molecule has 11 heteroatoms. The number of carboxylic acids is 1. The first-order valence-corrected chi connectivity index (χ1v) is 11.6. The Morgan fingerprint density at radius 2 is 1.64 bits per heavy atom. The third-order valence-corrected chi connectivity index (χ3v) is 6.71. The molecule has 0 aliphatic carbocycles. The molecule has 0 radical (unpaired) electrons. The zero-order valence-electron chi connectivity index (χ0n) is 18.6. The van der Waals surface area contributed by atoms with Crippen molar-refractivity contribution < 1.29 is 32.6 Å². The predicted molar refractivity (Wildman–Crippen MR) is 121 cm³/mol. The van der Waals surface area contributed by atoms with Crippen LogP contribution in [0.15, 0.2) is 18.2 Å². The number of aliphatic carboxylic acids is 1. The van der Waals surface area contributed by atoms with Gasteiger partial charge in [-0.1, -0.05) is 37.0 Å². The molecule has 0 spiro atoms. The summed E-state index contributed by atoms with van der Waals surface area (Å²) >= 11 is 12.2. The second-order valence-corrected chi connectivity index (χ2v) is 9.14. The number of alkyl halides is 3. The molecular formula is C22H29Cl2F3N2O4. The van der Waals surface area contributed by atoms with E-state index in [1.54, 1.807) is 6.07 Å². The minimum absolute atomic E-state index is 0.00940. The first-order valence-electron chi connectivity index (χ1n) is 10.8. The Morgan fingerprint density at radius 1 is 1.12 bits per heavy atom. The Kier molecular flexibility index (Phi) is 9.70. The van der Waals surface area contributed by atoms with Crippen LogP contribution >= 0.6 is 23.2 Å². The van der Waals surface area contributed by atoms with Gasteiger partial charge in [0, 0.05) is 54.9 Å². The Labute approximate surface area is 201 Å². The fraction of sp³-hybridized carbons (Fsp3) is 0.636. The Morgan fingerprint density at radius 3 is 2.06 bits per heavy atom. The number of cyclic esters (lactones) is 1. The summed E-state index contributed by atoms with van der Waals surface area (Å²) in [6.45, 7) is 9.06. The van der Waals surface area contributed by atoms with Crippen LogP contribution < -0.4 is 4.90 Å². The Bertz CT molecular complexity index is 806. The van der Waals surface area contributed by atoms with Gasteiger partial charge in [-0.25, -0.2) is 4.79 Å². The van der Waals surface area contributed by atoms with E-state index < -0.39 is 12.1 Å². The average molecular weight is 513 g/mol. The Balaban J connectivity index is 0.000000479. The van der Waals surface area contributed by atoms with Crippen LogP contribution in [0, 0.1) is 5.41 Å². The van der Waals surface area contributed by atoms with Crippen molar-refractivity contribution in [2.75, 3.05) is 37.6 Å². The number of hydrogen-bond donors (Lipinski definition) is 1. The van der Waals surface area contributed by atoms with Gasteiger partial charge in [0.2, 0.25) is 0 Å². The molecule has 0 saturated carbocycles. The number of esters is 1. The van der Waals surface area contributed by atoms with Gasteiger partial charge in [-0.05, 0) is 37.5 Å². The van der Waals surface area contributed by atoms with Crippen molar-refractivity contribution in [1.82, 2.24) is 4.90 Å². The van der Waals surface area contributed by atoms with Gasteiger partial charge in [-0.2, -0.15) is 13.2 Å². The first kappa shape index (κ1) is 27.5. The van der Waals surface area contributed by atoms with Crippen molar-refractivity contribution in [3.8, 4) is 0 Å².